The fraction of sp³-hybridized carbons (Fsp3) is 0.625. The first-order valence-electron chi connectivity index (χ1n) is 7.43. The van der Waals surface area contributed by atoms with Crippen LogP contribution in [0.5, 0.6) is 0 Å². The van der Waals surface area contributed by atoms with Gasteiger partial charge in [0.05, 0.1) is 16.1 Å². The molecular formula is C16H21Cl2NO. The van der Waals surface area contributed by atoms with Crippen molar-refractivity contribution >= 4 is 23.2 Å². The van der Waals surface area contributed by atoms with Crippen molar-refractivity contribution in [2.24, 2.45) is 23.5 Å². The molecule has 3 rings (SSSR count). The molecule has 5 unspecified atom stereocenters. The van der Waals surface area contributed by atoms with Gasteiger partial charge >= 0.3 is 0 Å². The van der Waals surface area contributed by atoms with Gasteiger partial charge in [-0.15, -0.1) is 0 Å². The second kappa shape index (κ2) is 5.84. The Morgan fingerprint density at radius 2 is 2.00 bits per heavy atom. The Morgan fingerprint density at radius 1 is 1.20 bits per heavy atom. The van der Waals surface area contributed by atoms with E-state index in [1.807, 2.05) is 12.1 Å². The van der Waals surface area contributed by atoms with Crippen LogP contribution < -0.4 is 5.73 Å². The number of nitrogens with two attached hydrogens (primary N) is 1. The van der Waals surface area contributed by atoms with Crippen LogP contribution in [0.1, 0.15) is 37.2 Å². The van der Waals surface area contributed by atoms with E-state index in [-0.39, 0.29) is 12.0 Å². The second-order valence-electron chi connectivity index (χ2n) is 6.35. The molecule has 4 heteroatoms. The Balaban J connectivity index is 1.80. The molecule has 0 aromatic heterocycles. The number of rotatable bonds is 4. The van der Waals surface area contributed by atoms with E-state index in [4.69, 9.17) is 28.9 Å². The van der Waals surface area contributed by atoms with Gasteiger partial charge in [0.1, 0.15) is 0 Å². The highest BCUT2D eigenvalue weighted by atomic mass is 35.5. The number of hydrogen-bond donors (Lipinski definition) is 2. The smallest absolute Gasteiger partial charge is 0.0651 e. The SMILES string of the molecule is NCC(c1ccc(Cl)c(Cl)c1)C(O)C1CC2CCC1C2. The summed E-state index contributed by atoms with van der Waals surface area (Å²) in [6.45, 7) is 0.438. The Bertz CT molecular complexity index is 493. The van der Waals surface area contributed by atoms with Crippen molar-refractivity contribution in [3.05, 3.63) is 33.8 Å². The van der Waals surface area contributed by atoms with Crippen molar-refractivity contribution in [2.75, 3.05) is 6.54 Å². The van der Waals surface area contributed by atoms with Crippen LogP contribution in [0.2, 0.25) is 10.0 Å². The summed E-state index contributed by atoms with van der Waals surface area (Å²) in [6.07, 6.45) is 4.69. The largest absolute Gasteiger partial charge is 0.392 e. The van der Waals surface area contributed by atoms with E-state index >= 15 is 0 Å². The highest BCUT2D eigenvalue weighted by molar-refractivity contribution is 6.42. The zero-order valence-corrected chi connectivity index (χ0v) is 12.9. The topological polar surface area (TPSA) is 46.2 Å². The Labute approximate surface area is 130 Å². The van der Waals surface area contributed by atoms with Crippen molar-refractivity contribution in [2.45, 2.75) is 37.7 Å². The minimum atomic E-state index is -0.368. The maximum absolute atomic E-state index is 10.8. The normalized spacial score (nSPS) is 31.5. The summed E-state index contributed by atoms with van der Waals surface area (Å²) in [5, 5.41) is 11.9. The Hall–Kier alpha value is -0.280. The molecule has 2 aliphatic carbocycles. The van der Waals surface area contributed by atoms with Gasteiger partial charge in [0.15, 0.2) is 0 Å². The summed E-state index contributed by atoms with van der Waals surface area (Å²) in [5.74, 6) is 1.87. The van der Waals surface area contributed by atoms with Crippen molar-refractivity contribution in [3.63, 3.8) is 0 Å². The predicted octanol–water partition coefficient (Wildman–Crippen LogP) is 3.83. The molecule has 0 amide bonds. The van der Waals surface area contributed by atoms with Gasteiger partial charge in [-0.2, -0.15) is 0 Å². The van der Waals surface area contributed by atoms with E-state index in [1.54, 1.807) is 6.07 Å². The molecule has 0 saturated heterocycles. The third-order valence-corrected chi connectivity index (χ3v) is 6.01. The first-order chi connectivity index (χ1) is 9.60. The van der Waals surface area contributed by atoms with E-state index in [0.29, 0.717) is 28.4 Å². The van der Waals surface area contributed by atoms with E-state index < -0.39 is 0 Å². The number of benzene rings is 1. The lowest BCUT2D eigenvalue weighted by molar-refractivity contribution is 0.0532. The third kappa shape index (κ3) is 2.59. The number of hydrogen-bond acceptors (Lipinski definition) is 2. The molecule has 0 aliphatic heterocycles. The van der Waals surface area contributed by atoms with Gasteiger partial charge in [0.2, 0.25) is 0 Å². The summed E-state index contributed by atoms with van der Waals surface area (Å²) < 4.78 is 0. The van der Waals surface area contributed by atoms with Gasteiger partial charge in [0.25, 0.3) is 0 Å². The fourth-order valence-electron chi connectivity index (χ4n) is 4.23. The zero-order valence-electron chi connectivity index (χ0n) is 11.4. The van der Waals surface area contributed by atoms with E-state index in [2.05, 4.69) is 0 Å². The van der Waals surface area contributed by atoms with Gasteiger partial charge in [-0.25, -0.2) is 0 Å². The zero-order chi connectivity index (χ0) is 14.3. The molecule has 5 atom stereocenters. The molecule has 0 spiro atoms. The summed E-state index contributed by atoms with van der Waals surface area (Å²) in [4.78, 5) is 0. The standard InChI is InChI=1S/C16H21Cl2NO/c17-14-4-3-11(7-15(14)18)13(8-19)16(20)12-6-9-1-2-10(12)5-9/h3-4,7,9-10,12-13,16,20H,1-2,5-6,8,19H2. The number of fused-ring (bicyclic) bond motifs is 2. The molecule has 2 saturated carbocycles. The summed E-state index contributed by atoms with van der Waals surface area (Å²) in [5.41, 5.74) is 6.92. The van der Waals surface area contributed by atoms with E-state index in [1.165, 1.54) is 19.3 Å². The van der Waals surface area contributed by atoms with Crippen LogP contribution in [-0.2, 0) is 0 Å². The summed E-state index contributed by atoms with van der Waals surface area (Å²) in [6, 6.07) is 5.56. The maximum Gasteiger partial charge on any atom is 0.0651 e. The molecule has 3 N–H and O–H groups in total. The second-order valence-corrected chi connectivity index (χ2v) is 7.16. The highest BCUT2D eigenvalue weighted by Gasteiger charge is 2.44. The van der Waals surface area contributed by atoms with Crippen LogP contribution in [0.4, 0.5) is 0 Å². The molecule has 1 aromatic carbocycles. The molecule has 0 radical (unpaired) electrons. The van der Waals surface area contributed by atoms with Crippen LogP contribution >= 0.6 is 23.2 Å². The minimum Gasteiger partial charge on any atom is -0.392 e. The van der Waals surface area contributed by atoms with Crippen LogP contribution in [0.25, 0.3) is 0 Å². The van der Waals surface area contributed by atoms with Crippen LogP contribution in [0.3, 0.4) is 0 Å². The average Bonchev–Trinajstić information content (AvgIpc) is 3.06. The lowest BCUT2D eigenvalue weighted by Gasteiger charge is -2.32. The molecule has 20 heavy (non-hydrogen) atoms. The van der Waals surface area contributed by atoms with E-state index in [0.717, 1.165) is 17.9 Å². The van der Waals surface area contributed by atoms with Crippen molar-refractivity contribution < 1.29 is 5.11 Å². The molecule has 2 bridgehead atoms. The van der Waals surface area contributed by atoms with Gasteiger partial charge in [-0.3, -0.25) is 0 Å². The minimum absolute atomic E-state index is 0.0471. The van der Waals surface area contributed by atoms with Gasteiger partial charge < -0.3 is 10.8 Å². The molecule has 2 fully saturated rings. The summed E-state index contributed by atoms with van der Waals surface area (Å²) >= 11 is 12.0. The van der Waals surface area contributed by atoms with Gasteiger partial charge in [0, 0.05) is 12.5 Å². The molecule has 0 heterocycles. The van der Waals surface area contributed by atoms with Crippen LogP contribution in [0, 0.1) is 17.8 Å². The van der Waals surface area contributed by atoms with E-state index in [9.17, 15) is 5.11 Å². The maximum atomic E-state index is 10.8. The molecule has 2 nitrogen and oxygen atoms in total. The lowest BCUT2D eigenvalue weighted by atomic mass is 9.77. The Kier molecular flexibility index (Phi) is 4.28. The van der Waals surface area contributed by atoms with Gasteiger partial charge in [-0.05, 0) is 54.7 Å². The third-order valence-electron chi connectivity index (χ3n) is 5.27. The summed E-state index contributed by atoms with van der Waals surface area (Å²) in [7, 11) is 0. The number of aliphatic hydroxyl groups is 1. The fourth-order valence-corrected chi connectivity index (χ4v) is 4.53. The lowest BCUT2D eigenvalue weighted by Crippen LogP contribution is -2.35. The van der Waals surface area contributed by atoms with Crippen LogP contribution in [0.15, 0.2) is 18.2 Å². The van der Waals surface area contributed by atoms with Gasteiger partial charge in [-0.1, -0.05) is 35.7 Å². The first kappa shape index (κ1) is 14.6. The number of halogens is 2. The number of aliphatic hydroxyl groups excluding tert-OH is 1. The Morgan fingerprint density at radius 3 is 2.55 bits per heavy atom. The van der Waals surface area contributed by atoms with Crippen molar-refractivity contribution in [1.82, 2.24) is 0 Å². The monoisotopic (exact) mass is 313 g/mol. The molecular weight excluding hydrogens is 293 g/mol. The highest BCUT2D eigenvalue weighted by Crippen LogP contribution is 2.51. The van der Waals surface area contributed by atoms with Crippen LogP contribution in [-0.4, -0.2) is 17.8 Å². The average molecular weight is 314 g/mol. The first-order valence-corrected chi connectivity index (χ1v) is 8.18. The van der Waals surface area contributed by atoms with Crippen molar-refractivity contribution in [3.8, 4) is 0 Å². The molecule has 2 aliphatic rings. The van der Waals surface area contributed by atoms with Crippen molar-refractivity contribution in [1.29, 1.82) is 0 Å². The molecule has 110 valence electrons. The quantitative estimate of drug-likeness (QED) is 0.887. The molecule has 1 aromatic rings. The predicted molar refractivity (Wildman–Crippen MR) is 83.2 cm³/mol.